The van der Waals surface area contributed by atoms with Crippen LogP contribution in [0.3, 0.4) is 0 Å². The summed E-state index contributed by atoms with van der Waals surface area (Å²) in [4.78, 5) is 27.4. The van der Waals surface area contributed by atoms with Crippen LogP contribution in [0, 0.1) is 0 Å². The van der Waals surface area contributed by atoms with Gasteiger partial charge in [-0.3, -0.25) is 9.59 Å². The number of hydrogen-bond acceptors (Lipinski definition) is 3. The SMILES string of the molecule is C[C@@H](OC(=O)CCc1c[nH]c2ccccc12)C(=O)c1ccccc1. The molecule has 0 saturated carbocycles. The van der Waals surface area contributed by atoms with Crippen molar-refractivity contribution < 1.29 is 14.3 Å². The summed E-state index contributed by atoms with van der Waals surface area (Å²) in [5.74, 6) is -0.548. The second-order valence-corrected chi connectivity index (χ2v) is 5.72. The molecule has 0 fully saturated rings. The molecule has 0 amide bonds. The van der Waals surface area contributed by atoms with E-state index in [1.54, 1.807) is 31.2 Å². The van der Waals surface area contributed by atoms with Crippen molar-refractivity contribution >= 4 is 22.7 Å². The predicted octanol–water partition coefficient (Wildman–Crippen LogP) is 3.92. The summed E-state index contributed by atoms with van der Waals surface area (Å²) in [5.41, 5.74) is 2.67. The van der Waals surface area contributed by atoms with Crippen LogP contribution in [0.5, 0.6) is 0 Å². The second-order valence-electron chi connectivity index (χ2n) is 5.72. The lowest BCUT2D eigenvalue weighted by atomic mass is 10.1. The highest BCUT2D eigenvalue weighted by atomic mass is 16.5. The molecule has 4 nitrogen and oxygen atoms in total. The van der Waals surface area contributed by atoms with Gasteiger partial charge < -0.3 is 9.72 Å². The molecule has 4 heteroatoms. The largest absolute Gasteiger partial charge is 0.454 e. The van der Waals surface area contributed by atoms with E-state index in [4.69, 9.17) is 4.74 Å². The number of ketones is 1. The van der Waals surface area contributed by atoms with Crippen LogP contribution >= 0.6 is 0 Å². The maximum atomic E-state index is 12.2. The fourth-order valence-corrected chi connectivity index (χ4v) is 2.72. The number of hydrogen-bond donors (Lipinski definition) is 1. The van der Waals surface area contributed by atoms with E-state index >= 15 is 0 Å². The first-order valence-electron chi connectivity index (χ1n) is 7.99. The quantitative estimate of drug-likeness (QED) is 0.553. The third kappa shape index (κ3) is 3.54. The lowest BCUT2D eigenvalue weighted by Gasteiger charge is -2.12. The highest BCUT2D eigenvalue weighted by Crippen LogP contribution is 2.19. The Balaban J connectivity index is 1.57. The molecule has 0 aliphatic rings. The minimum atomic E-state index is -0.775. The Morgan fingerprint density at radius 1 is 1.04 bits per heavy atom. The molecule has 0 aliphatic heterocycles. The van der Waals surface area contributed by atoms with Crippen LogP contribution in [0.1, 0.15) is 29.3 Å². The molecule has 1 aromatic heterocycles. The molecule has 3 aromatic rings. The van der Waals surface area contributed by atoms with E-state index in [-0.39, 0.29) is 18.2 Å². The van der Waals surface area contributed by atoms with Gasteiger partial charge in [0.2, 0.25) is 5.78 Å². The van der Waals surface area contributed by atoms with E-state index in [2.05, 4.69) is 4.98 Å². The number of esters is 1. The van der Waals surface area contributed by atoms with Gasteiger partial charge in [-0.2, -0.15) is 0 Å². The Morgan fingerprint density at radius 2 is 1.75 bits per heavy atom. The molecule has 0 aliphatic carbocycles. The highest BCUT2D eigenvalue weighted by Gasteiger charge is 2.19. The Labute approximate surface area is 140 Å². The molecule has 0 unspecified atom stereocenters. The summed E-state index contributed by atoms with van der Waals surface area (Å²) >= 11 is 0. The molecule has 0 radical (unpaired) electrons. The molecule has 1 N–H and O–H groups in total. The van der Waals surface area contributed by atoms with Gasteiger partial charge in [0.1, 0.15) is 0 Å². The Bertz CT molecular complexity index is 851. The number of ether oxygens (including phenoxy) is 1. The van der Waals surface area contributed by atoms with Crippen LogP contribution in [0.15, 0.2) is 60.8 Å². The van der Waals surface area contributed by atoms with Gasteiger partial charge in [-0.05, 0) is 25.0 Å². The molecule has 122 valence electrons. The number of aromatic amines is 1. The van der Waals surface area contributed by atoms with Crippen LogP contribution in [0.4, 0.5) is 0 Å². The topological polar surface area (TPSA) is 59.2 Å². The van der Waals surface area contributed by atoms with Crippen molar-refractivity contribution in [3.05, 3.63) is 71.9 Å². The zero-order valence-corrected chi connectivity index (χ0v) is 13.5. The molecular weight excluding hydrogens is 302 g/mol. The molecule has 0 bridgehead atoms. The smallest absolute Gasteiger partial charge is 0.306 e. The fourth-order valence-electron chi connectivity index (χ4n) is 2.72. The summed E-state index contributed by atoms with van der Waals surface area (Å²) in [6.45, 7) is 1.61. The van der Waals surface area contributed by atoms with E-state index in [1.807, 2.05) is 36.5 Å². The van der Waals surface area contributed by atoms with Gasteiger partial charge in [-0.1, -0.05) is 48.5 Å². The minimum Gasteiger partial charge on any atom is -0.454 e. The minimum absolute atomic E-state index is 0.184. The second kappa shape index (κ2) is 7.13. The molecule has 0 saturated heterocycles. The number of nitrogens with one attached hydrogen (secondary N) is 1. The van der Waals surface area contributed by atoms with Crippen molar-refractivity contribution in [3.8, 4) is 0 Å². The number of Topliss-reactive ketones (excluding diaryl/α,β-unsaturated/α-hetero) is 1. The summed E-state index contributed by atoms with van der Waals surface area (Å²) in [6, 6.07) is 16.8. The first-order valence-corrected chi connectivity index (χ1v) is 7.99. The van der Waals surface area contributed by atoms with Crippen LogP contribution in [0.2, 0.25) is 0 Å². The van der Waals surface area contributed by atoms with Crippen LogP contribution in [0.25, 0.3) is 10.9 Å². The summed E-state index contributed by atoms with van der Waals surface area (Å²) in [6.07, 6.45) is 1.96. The number of carbonyl (C=O) groups is 2. The van der Waals surface area contributed by atoms with Crippen LogP contribution in [-0.2, 0) is 16.0 Å². The number of aryl methyl sites for hydroxylation is 1. The first kappa shape index (κ1) is 16.0. The standard InChI is InChI=1S/C20H19NO3/c1-14(20(23)15-7-3-2-4-8-15)24-19(22)12-11-16-13-21-18-10-6-5-9-17(16)18/h2-10,13-14,21H,11-12H2,1H3/t14-/m1/s1. The van der Waals surface area contributed by atoms with Crippen molar-refractivity contribution in [2.75, 3.05) is 0 Å². The lowest BCUT2D eigenvalue weighted by molar-refractivity contribution is -0.146. The van der Waals surface area contributed by atoms with E-state index < -0.39 is 6.10 Å². The van der Waals surface area contributed by atoms with Crippen molar-refractivity contribution in [3.63, 3.8) is 0 Å². The number of benzene rings is 2. The zero-order valence-electron chi connectivity index (χ0n) is 13.5. The highest BCUT2D eigenvalue weighted by molar-refractivity contribution is 6.00. The van der Waals surface area contributed by atoms with Gasteiger partial charge in [0, 0.05) is 29.1 Å². The Hall–Kier alpha value is -2.88. The first-order chi connectivity index (χ1) is 11.6. The van der Waals surface area contributed by atoms with E-state index in [9.17, 15) is 9.59 Å². The number of rotatable bonds is 6. The van der Waals surface area contributed by atoms with Crippen molar-refractivity contribution in [1.29, 1.82) is 0 Å². The number of para-hydroxylation sites is 1. The summed E-state index contributed by atoms with van der Waals surface area (Å²) in [7, 11) is 0. The summed E-state index contributed by atoms with van der Waals surface area (Å²) < 4.78 is 5.28. The Morgan fingerprint density at radius 3 is 2.54 bits per heavy atom. The van der Waals surface area contributed by atoms with Gasteiger partial charge in [0.25, 0.3) is 0 Å². The maximum absolute atomic E-state index is 12.2. The van der Waals surface area contributed by atoms with E-state index in [0.717, 1.165) is 16.5 Å². The molecule has 1 heterocycles. The van der Waals surface area contributed by atoms with Gasteiger partial charge >= 0.3 is 5.97 Å². The van der Waals surface area contributed by atoms with Gasteiger partial charge in [0.05, 0.1) is 0 Å². The van der Waals surface area contributed by atoms with Crippen molar-refractivity contribution in [2.45, 2.75) is 25.9 Å². The normalized spacial score (nSPS) is 12.0. The van der Waals surface area contributed by atoms with Gasteiger partial charge in [-0.25, -0.2) is 0 Å². The monoisotopic (exact) mass is 321 g/mol. The number of fused-ring (bicyclic) bond motifs is 1. The average Bonchev–Trinajstić information content (AvgIpc) is 3.03. The van der Waals surface area contributed by atoms with Gasteiger partial charge in [-0.15, -0.1) is 0 Å². The van der Waals surface area contributed by atoms with Crippen molar-refractivity contribution in [1.82, 2.24) is 4.98 Å². The zero-order chi connectivity index (χ0) is 16.9. The molecule has 3 rings (SSSR count). The van der Waals surface area contributed by atoms with E-state index in [1.165, 1.54) is 0 Å². The summed E-state index contributed by atoms with van der Waals surface area (Å²) in [5, 5.41) is 1.11. The molecule has 2 aromatic carbocycles. The maximum Gasteiger partial charge on any atom is 0.306 e. The fraction of sp³-hybridized carbons (Fsp3) is 0.200. The third-order valence-electron chi connectivity index (χ3n) is 4.01. The average molecular weight is 321 g/mol. The van der Waals surface area contributed by atoms with Crippen molar-refractivity contribution in [2.24, 2.45) is 0 Å². The van der Waals surface area contributed by atoms with Gasteiger partial charge in [0.15, 0.2) is 6.10 Å². The third-order valence-corrected chi connectivity index (χ3v) is 4.01. The molecule has 24 heavy (non-hydrogen) atoms. The predicted molar refractivity (Wildman–Crippen MR) is 92.9 cm³/mol. The number of H-pyrrole nitrogens is 1. The lowest BCUT2D eigenvalue weighted by Crippen LogP contribution is -2.24. The Kier molecular flexibility index (Phi) is 4.75. The van der Waals surface area contributed by atoms with Crippen LogP contribution < -0.4 is 0 Å². The molecule has 1 atom stereocenters. The van der Waals surface area contributed by atoms with Crippen LogP contribution in [-0.4, -0.2) is 22.8 Å². The van der Waals surface area contributed by atoms with E-state index in [0.29, 0.717) is 12.0 Å². The molecular formula is C20H19NO3. The number of aromatic nitrogens is 1. The molecule has 0 spiro atoms. The number of carbonyl (C=O) groups excluding carboxylic acids is 2.